The number of anilines is 1. The number of carbonyl (C=O) groups excluding carboxylic acids is 2. The first-order chi connectivity index (χ1) is 12.1. The van der Waals surface area contributed by atoms with Crippen molar-refractivity contribution in [3.05, 3.63) is 57.7 Å². The summed E-state index contributed by atoms with van der Waals surface area (Å²) in [6.45, 7) is 1.59. The monoisotopic (exact) mass is 372 g/mol. The largest absolute Gasteiger partial charge is 0.455 e. The number of rotatable bonds is 6. The van der Waals surface area contributed by atoms with E-state index in [1.807, 2.05) is 47.3 Å². The Hall–Kier alpha value is -2.51. The molecule has 0 bridgehead atoms. The molecule has 0 saturated carbocycles. The third kappa shape index (κ3) is 4.74. The van der Waals surface area contributed by atoms with Crippen LogP contribution < -0.4 is 5.32 Å². The maximum atomic E-state index is 11.9. The summed E-state index contributed by atoms with van der Waals surface area (Å²) in [5, 5.41) is 9.43. The lowest BCUT2D eigenvalue weighted by molar-refractivity contribution is -0.146. The number of ether oxygens (including phenoxy) is 1. The summed E-state index contributed by atoms with van der Waals surface area (Å²) in [5.41, 5.74) is 3.36. The van der Waals surface area contributed by atoms with Crippen LogP contribution in [0.4, 0.5) is 5.69 Å². The number of para-hydroxylation sites is 1. The summed E-state index contributed by atoms with van der Waals surface area (Å²) in [6.07, 6.45) is 0.0539. The van der Waals surface area contributed by atoms with Crippen LogP contribution in [0, 0.1) is 6.92 Å². The van der Waals surface area contributed by atoms with Gasteiger partial charge >= 0.3 is 5.97 Å². The van der Waals surface area contributed by atoms with E-state index in [1.165, 1.54) is 11.3 Å². The highest BCUT2D eigenvalue weighted by molar-refractivity contribution is 7.14. The zero-order chi connectivity index (χ0) is 17.6. The Labute approximate surface area is 153 Å². The van der Waals surface area contributed by atoms with E-state index in [0.29, 0.717) is 11.4 Å². The molecular formula is C18H16N2O3S2. The first-order valence-electron chi connectivity index (χ1n) is 7.60. The molecule has 0 atom stereocenters. The van der Waals surface area contributed by atoms with Crippen LogP contribution in [0.5, 0.6) is 0 Å². The van der Waals surface area contributed by atoms with Gasteiger partial charge in [-0.1, -0.05) is 18.2 Å². The van der Waals surface area contributed by atoms with Gasteiger partial charge in [0.05, 0.1) is 12.1 Å². The highest BCUT2D eigenvalue weighted by atomic mass is 32.1. The quantitative estimate of drug-likeness (QED) is 0.666. The van der Waals surface area contributed by atoms with Gasteiger partial charge in [-0.2, -0.15) is 11.3 Å². The number of carbonyl (C=O) groups is 2. The second-order valence-corrected chi connectivity index (χ2v) is 6.99. The summed E-state index contributed by atoms with van der Waals surface area (Å²) in [4.78, 5) is 28.2. The van der Waals surface area contributed by atoms with Crippen molar-refractivity contribution in [1.82, 2.24) is 4.98 Å². The summed E-state index contributed by atoms with van der Waals surface area (Å²) < 4.78 is 5.04. The minimum absolute atomic E-state index is 0.0539. The van der Waals surface area contributed by atoms with E-state index in [4.69, 9.17) is 4.74 Å². The fourth-order valence-electron chi connectivity index (χ4n) is 2.15. The van der Waals surface area contributed by atoms with Crippen molar-refractivity contribution in [1.29, 1.82) is 0 Å². The van der Waals surface area contributed by atoms with Crippen LogP contribution in [0.15, 0.2) is 46.5 Å². The number of thiophene rings is 1. The standard InChI is InChI=1S/C18H16N2O3S2/c1-12-4-2-3-5-15(12)20-16(21)9-23-17(22)8-14-11-25-18(19-14)13-6-7-24-10-13/h2-7,10-11H,8-9H2,1H3,(H,20,21). The number of nitrogens with zero attached hydrogens (tertiary/aromatic N) is 1. The fourth-order valence-corrected chi connectivity index (χ4v) is 3.68. The van der Waals surface area contributed by atoms with E-state index in [0.717, 1.165) is 16.1 Å². The Morgan fingerprint density at radius 3 is 2.80 bits per heavy atom. The van der Waals surface area contributed by atoms with E-state index in [-0.39, 0.29) is 18.9 Å². The van der Waals surface area contributed by atoms with Crippen LogP contribution in [0.1, 0.15) is 11.3 Å². The number of amides is 1. The van der Waals surface area contributed by atoms with Crippen molar-refractivity contribution in [2.75, 3.05) is 11.9 Å². The van der Waals surface area contributed by atoms with Gasteiger partial charge in [-0.05, 0) is 30.0 Å². The Bertz CT molecular complexity index is 872. The summed E-state index contributed by atoms with van der Waals surface area (Å²) in [5.74, 6) is -0.831. The van der Waals surface area contributed by atoms with Crippen molar-refractivity contribution >= 4 is 40.2 Å². The first kappa shape index (κ1) is 17.3. The maximum Gasteiger partial charge on any atom is 0.312 e. The molecule has 5 nitrogen and oxygen atoms in total. The number of benzene rings is 1. The molecule has 0 radical (unpaired) electrons. The summed E-state index contributed by atoms with van der Waals surface area (Å²) in [6, 6.07) is 9.41. The fraction of sp³-hybridized carbons (Fsp3) is 0.167. The number of aromatic nitrogens is 1. The molecule has 0 aliphatic carbocycles. The van der Waals surface area contributed by atoms with Crippen molar-refractivity contribution in [2.45, 2.75) is 13.3 Å². The molecule has 1 aromatic carbocycles. The van der Waals surface area contributed by atoms with Gasteiger partial charge in [-0.3, -0.25) is 9.59 Å². The van der Waals surface area contributed by atoms with E-state index in [2.05, 4.69) is 10.3 Å². The minimum Gasteiger partial charge on any atom is -0.455 e. The van der Waals surface area contributed by atoms with E-state index in [1.54, 1.807) is 17.4 Å². The third-order valence-electron chi connectivity index (χ3n) is 3.43. The number of aryl methyl sites for hydroxylation is 1. The normalized spacial score (nSPS) is 10.4. The maximum absolute atomic E-state index is 11.9. The van der Waals surface area contributed by atoms with Gasteiger partial charge in [0.1, 0.15) is 5.01 Å². The second kappa shape index (κ2) is 8.04. The third-order valence-corrected chi connectivity index (χ3v) is 5.05. The highest BCUT2D eigenvalue weighted by Gasteiger charge is 2.12. The van der Waals surface area contributed by atoms with Gasteiger partial charge < -0.3 is 10.1 Å². The molecule has 3 aromatic rings. The van der Waals surface area contributed by atoms with Crippen LogP contribution in [0.25, 0.3) is 10.6 Å². The molecule has 0 fully saturated rings. The smallest absolute Gasteiger partial charge is 0.312 e. The van der Waals surface area contributed by atoms with Crippen molar-refractivity contribution in [3.8, 4) is 10.6 Å². The van der Waals surface area contributed by atoms with E-state index >= 15 is 0 Å². The molecule has 2 heterocycles. The molecule has 1 N–H and O–H groups in total. The van der Waals surface area contributed by atoms with Crippen molar-refractivity contribution in [2.24, 2.45) is 0 Å². The molecule has 0 aliphatic rings. The predicted octanol–water partition coefficient (Wildman–Crippen LogP) is 3.90. The molecule has 0 spiro atoms. The Morgan fingerprint density at radius 1 is 1.20 bits per heavy atom. The molecule has 0 saturated heterocycles. The van der Waals surface area contributed by atoms with E-state index < -0.39 is 5.97 Å². The van der Waals surface area contributed by atoms with Gasteiger partial charge in [0, 0.05) is 22.0 Å². The van der Waals surface area contributed by atoms with Crippen LogP contribution >= 0.6 is 22.7 Å². The first-order valence-corrected chi connectivity index (χ1v) is 9.42. The zero-order valence-electron chi connectivity index (χ0n) is 13.5. The van der Waals surface area contributed by atoms with Gasteiger partial charge in [0.15, 0.2) is 6.61 Å². The van der Waals surface area contributed by atoms with Gasteiger partial charge in [-0.25, -0.2) is 4.98 Å². The van der Waals surface area contributed by atoms with Crippen LogP contribution in [0.2, 0.25) is 0 Å². The number of nitrogens with one attached hydrogen (secondary N) is 1. The SMILES string of the molecule is Cc1ccccc1NC(=O)COC(=O)Cc1csc(-c2ccsc2)n1. The average Bonchev–Trinajstić information content (AvgIpc) is 3.26. The summed E-state index contributed by atoms with van der Waals surface area (Å²) in [7, 11) is 0. The lowest BCUT2D eigenvalue weighted by Crippen LogP contribution is -2.22. The molecule has 0 unspecified atom stereocenters. The van der Waals surface area contributed by atoms with Crippen LogP contribution in [-0.2, 0) is 20.7 Å². The van der Waals surface area contributed by atoms with Crippen LogP contribution in [0.3, 0.4) is 0 Å². The Kier molecular flexibility index (Phi) is 5.57. The van der Waals surface area contributed by atoms with Crippen molar-refractivity contribution < 1.29 is 14.3 Å². The second-order valence-electron chi connectivity index (χ2n) is 5.36. The molecular weight excluding hydrogens is 356 g/mol. The Balaban J connectivity index is 1.48. The molecule has 7 heteroatoms. The van der Waals surface area contributed by atoms with Gasteiger partial charge in [-0.15, -0.1) is 11.3 Å². The number of hydrogen-bond acceptors (Lipinski definition) is 6. The molecule has 2 aromatic heterocycles. The topological polar surface area (TPSA) is 68.3 Å². The van der Waals surface area contributed by atoms with Crippen LogP contribution in [-0.4, -0.2) is 23.5 Å². The van der Waals surface area contributed by atoms with Gasteiger partial charge in [0.25, 0.3) is 5.91 Å². The number of thiazole rings is 1. The average molecular weight is 372 g/mol. The Morgan fingerprint density at radius 2 is 2.04 bits per heavy atom. The minimum atomic E-state index is -0.470. The van der Waals surface area contributed by atoms with Gasteiger partial charge in [0.2, 0.25) is 0 Å². The zero-order valence-corrected chi connectivity index (χ0v) is 15.2. The summed E-state index contributed by atoms with van der Waals surface area (Å²) >= 11 is 3.09. The molecule has 1 amide bonds. The van der Waals surface area contributed by atoms with E-state index in [9.17, 15) is 9.59 Å². The lowest BCUT2D eigenvalue weighted by Gasteiger charge is -2.08. The molecule has 3 rings (SSSR count). The molecule has 0 aliphatic heterocycles. The number of hydrogen-bond donors (Lipinski definition) is 1. The predicted molar refractivity (Wildman–Crippen MR) is 99.9 cm³/mol. The van der Waals surface area contributed by atoms with Crippen molar-refractivity contribution in [3.63, 3.8) is 0 Å². The number of esters is 1. The molecule has 128 valence electrons. The highest BCUT2D eigenvalue weighted by Crippen LogP contribution is 2.25. The molecule has 25 heavy (non-hydrogen) atoms. The lowest BCUT2D eigenvalue weighted by atomic mass is 10.2.